The van der Waals surface area contributed by atoms with Crippen LogP contribution in [0.1, 0.15) is 36.7 Å². The average Bonchev–Trinajstić information content (AvgIpc) is 3.03. The number of nitrogens with zero attached hydrogens (tertiary/aromatic N) is 3. The highest BCUT2D eigenvalue weighted by Gasteiger charge is 2.34. The number of imide groups is 1. The number of carbonyl (C=O) groups is 2. The van der Waals surface area contributed by atoms with E-state index in [9.17, 15) is 9.59 Å². The number of amides is 2. The molecule has 1 aliphatic rings. The van der Waals surface area contributed by atoms with Crippen molar-refractivity contribution in [1.29, 1.82) is 0 Å². The number of unbranched alkanes of at least 4 members (excludes halogenated alkanes) is 1. The summed E-state index contributed by atoms with van der Waals surface area (Å²) in [4.78, 5) is 30.6. The zero-order chi connectivity index (χ0) is 18.0. The Kier molecular flexibility index (Phi) is 5.08. The molecule has 1 aliphatic heterocycles. The van der Waals surface area contributed by atoms with Crippen LogP contribution in [-0.4, -0.2) is 32.1 Å². The van der Waals surface area contributed by atoms with Gasteiger partial charge in [-0.15, -0.1) is 0 Å². The van der Waals surface area contributed by atoms with Gasteiger partial charge in [0.25, 0.3) is 11.1 Å². The number of aromatic nitrogens is 2. The molecule has 1 saturated heterocycles. The highest BCUT2D eigenvalue weighted by Crippen LogP contribution is 2.33. The molecule has 0 bridgehead atoms. The highest BCUT2D eigenvalue weighted by molar-refractivity contribution is 8.18. The second kappa shape index (κ2) is 7.27. The largest absolute Gasteiger partial charge is 0.316 e. The molecule has 3 heterocycles. The van der Waals surface area contributed by atoms with E-state index in [0.717, 1.165) is 47.2 Å². The molecular formula is C19H21N3O2S. The van der Waals surface area contributed by atoms with E-state index in [-0.39, 0.29) is 11.1 Å². The maximum atomic E-state index is 12.5. The van der Waals surface area contributed by atoms with Crippen molar-refractivity contribution in [1.82, 2.24) is 14.5 Å². The summed E-state index contributed by atoms with van der Waals surface area (Å²) in [5.41, 5.74) is 4.00. The fourth-order valence-corrected chi connectivity index (χ4v) is 3.82. The van der Waals surface area contributed by atoms with E-state index in [1.807, 2.05) is 51.2 Å². The first-order valence-electron chi connectivity index (χ1n) is 8.37. The number of rotatable bonds is 5. The van der Waals surface area contributed by atoms with Gasteiger partial charge in [0.05, 0.1) is 16.8 Å². The number of hydrogen-bond acceptors (Lipinski definition) is 4. The standard InChI is InChI=1S/C19H21N3O2S/c1-4-5-9-21-18(23)17(25-19(21)24)11-15-10-13(2)22(14(15)3)16-7-6-8-20-12-16/h6-8,10-12H,4-5,9H2,1-3H3/b17-11-. The van der Waals surface area contributed by atoms with Gasteiger partial charge < -0.3 is 4.57 Å². The van der Waals surface area contributed by atoms with Crippen molar-refractivity contribution < 1.29 is 9.59 Å². The average molecular weight is 355 g/mol. The molecule has 2 amide bonds. The lowest BCUT2D eigenvalue weighted by atomic mass is 10.2. The smallest absolute Gasteiger partial charge is 0.293 e. The lowest BCUT2D eigenvalue weighted by Gasteiger charge is -2.10. The van der Waals surface area contributed by atoms with Crippen molar-refractivity contribution in [2.75, 3.05) is 6.54 Å². The minimum atomic E-state index is -0.186. The fourth-order valence-electron chi connectivity index (χ4n) is 2.97. The van der Waals surface area contributed by atoms with Gasteiger partial charge in [0.1, 0.15) is 0 Å². The van der Waals surface area contributed by atoms with Crippen molar-refractivity contribution in [3.05, 3.63) is 52.4 Å². The Morgan fingerprint density at radius 2 is 2.08 bits per heavy atom. The minimum absolute atomic E-state index is 0.175. The number of thioether (sulfide) groups is 1. The molecule has 0 atom stereocenters. The summed E-state index contributed by atoms with van der Waals surface area (Å²) in [5.74, 6) is -0.186. The van der Waals surface area contributed by atoms with Gasteiger partial charge in [-0.25, -0.2) is 0 Å². The Hall–Kier alpha value is -2.34. The molecule has 6 heteroatoms. The Bertz CT molecular complexity index is 840. The Morgan fingerprint density at radius 3 is 2.76 bits per heavy atom. The lowest BCUT2D eigenvalue weighted by Crippen LogP contribution is -2.29. The summed E-state index contributed by atoms with van der Waals surface area (Å²) in [6.07, 6.45) is 7.16. The van der Waals surface area contributed by atoms with E-state index < -0.39 is 0 Å². The third-order valence-corrected chi connectivity index (χ3v) is 5.18. The molecule has 25 heavy (non-hydrogen) atoms. The molecule has 5 nitrogen and oxygen atoms in total. The minimum Gasteiger partial charge on any atom is -0.316 e. The van der Waals surface area contributed by atoms with Crippen LogP contribution >= 0.6 is 11.8 Å². The summed E-state index contributed by atoms with van der Waals surface area (Å²) < 4.78 is 2.10. The van der Waals surface area contributed by atoms with Gasteiger partial charge in [-0.2, -0.15) is 0 Å². The van der Waals surface area contributed by atoms with Gasteiger partial charge in [-0.05, 0) is 61.9 Å². The zero-order valence-electron chi connectivity index (χ0n) is 14.7. The van der Waals surface area contributed by atoms with E-state index in [0.29, 0.717) is 11.4 Å². The molecule has 130 valence electrons. The predicted molar refractivity (Wildman–Crippen MR) is 101 cm³/mol. The quantitative estimate of drug-likeness (QED) is 0.749. The Labute approximate surface area is 151 Å². The molecule has 1 fully saturated rings. The number of hydrogen-bond donors (Lipinski definition) is 0. The summed E-state index contributed by atoms with van der Waals surface area (Å²) in [6.45, 7) is 6.56. The van der Waals surface area contributed by atoms with Gasteiger partial charge in [0.2, 0.25) is 0 Å². The Balaban J connectivity index is 1.93. The number of aryl methyl sites for hydroxylation is 1. The third-order valence-electron chi connectivity index (χ3n) is 4.27. The summed E-state index contributed by atoms with van der Waals surface area (Å²) in [6, 6.07) is 5.92. The van der Waals surface area contributed by atoms with E-state index in [4.69, 9.17) is 0 Å². The monoisotopic (exact) mass is 355 g/mol. The molecule has 0 aliphatic carbocycles. The first-order valence-corrected chi connectivity index (χ1v) is 9.19. The molecule has 2 aromatic rings. The number of carbonyl (C=O) groups excluding carboxylic acids is 2. The second-order valence-electron chi connectivity index (χ2n) is 6.06. The van der Waals surface area contributed by atoms with Gasteiger partial charge >= 0.3 is 0 Å². The summed E-state index contributed by atoms with van der Waals surface area (Å²) in [7, 11) is 0. The van der Waals surface area contributed by atoms with Crippen LogP contribution in [0.25, 0.3) is 11.8 Å². The van der Waals surface area contributed by atoms with Crippen LogP contribution in [0.5, 0.6) is 0 Å². The molecule has 0 radical (unpaired) electrons. The third kappa shape index (κ3) is 3.39. The number of pyridine rings is 1. The molecule has 0 spiro atoms. The maximum absolute atomic E-state index is 12.5. The van der Waals surface area contributed by atoms with Crippen LogP contribution in [0.2, 0.25) is 0 Å². The van der Waals surface area contributed by atoms with Gasteiger partial charge in [0, 0.05) is 24.1 Å². The molecular weight excluding hydrogens is 334 g/mol. The van der Waals surface area contributed by atoms with Crippen LogP contribution in [0.4, 0.5) is 4.79 Å². The van der Waals surface area contributed by atoms with Crippen molar-refractivity contribution in [3.63, 3.8) is 0 Å². The highest BCUT2D eigenvalue weighted by atomic mass is 32.2. The topological polar surface area (TPSA) is 55.2 Å². The van der Waals surface area contributed by atoms with Crippen LogP contribution in [0.15, 0.2) is 35.5 Å². The molecule has 0 N–H and O–H groups in total. The van der Waals surface area contributed by atoms with E-state index in [2.05, 4.69) is 9.55 Å². The first-order chi connectivity index (χ1) is 12.0. The van der Waals surface area contributed by atoms with Crippen LogP contribution in [-0.2, 0) is 4.79 Å². The fraction of sp³-hybridized carbons (Fsp3) is 0.316. The van der Waals surface area contributed by atoms with Crippen molar-refractivity contribution in [2.24, 2.45) is 0 Å². The molecule has 3 rings (SSSR count). The van der Waals surface area contributed by atoms with Crippen LogP contribution < -0.4 is 0 Å². The van der Waals surface area contributed by atoms with Crippen LogP contribution in [0.3, 0.4) is 0 Å². The summed E-state index contributed by atoms with van der Waals surface area (Å²) in [5, 5.41) is -0.175. The SMILES string of the molecule is CCCCN1C(=O)S/C(=C\c2cc(C)n(-c3cccnc3)c2C)C1=O. The van der Waals surface area contributed by atoms with Gasteiger partial charge in [0.15, 0.2) is 0 Å². The van der Waals surface area contributed by atoms with Gasteiger partial charge in [-0.3, -0.25) is 19.5 Å². The molecule has 0 unspecified atom stereocenters. The van der Waals surface area contributed by atoms with E-state index in [1.54, 1.807) is 6.20 Å². The van der Waals surface area contributed by atoms with Crippen LogP contribution in [0, 0.1) is 13.8 Å². The molecule has 2 aromatic heterocycles. The molecule has 0 saturated carbocycles. The van der Waals surface area contributed by atoms with E-state index >= 15 is 0 Å². The molecule has 0 aromatic carbocycles. The van der Waals surface area contributed by atoms with Gasteiger partial charge in [-0.1, -0.05) is 13.3 Å². The van der Waals surface area contributed by atoms with Crippen molar-refractivity contribution in [3.8, 4) is 5.69 Å². The predicted octanol–water partition coefficient (Wildman–Crippen LogP) is 4.33. The second-order valence-corrected chi connectivity index (χ2v) is 7.05. The summed E-state index contributed by atoms with van der Waals surface area (Å²) >= 11 is 1.02. The lowest BCUT2D eigenvalue weighted by molar-refractivity contribution is -0.122. The van der Waals surface area contributed by atoms with Crippen molar-refractivity contribution in [2.45, 2.75) is 33.6 Å². The maximum Gasteiger partial charge on any atom is 0.293 e. The van der Waals surface area contributed by atoms with Crippen molar-refractivity contribution >= 4 is 29.0 Å². The zero-order valence-corrected chi connectivity index (χ0v) is 15.5. The normalized spacial score (nSPS) is 16.3. The van der Waals surface area contributed by atoms with E-state index in [1.165, 1.54) is 4.90 Å². The Morgan fingerprint density at radius 1 is 1.28 bits per heavy atom. The first kappa shape index (κ1) is 17.5.